The lowest BCUT2D eigenvalue weighted by Gasteiger charge is -2.30. The van der Waals surface area contributed by atoms with Crippen LogP contribution in [0.3, 0.4) is 0 Å². The van der Waals surface area contributed by atoms with Crippen molar-refractivity contribution in [2.75, 3.05) is 39.8 Å². The second-order valence-corrected chi connectivity index (χ2v) is 4.98. The van der Waals surface area contributed by atoms with E-state index in [1.54, 1.807) is 11.9 Å². The van der Waals surface area contributed by atoms with Crippen LogP contribution >= 0.6 is 0 Å². The van der Waals surface area contributed by atoms with Crippen LogP contribution in [0.1, 0.15) is 19.3 Å². The normalized spacial score (nSPS) is 29.8. The van der Waals surface area contributed by atoms with Crippen LogP contribution < -0.4 is 5.32 Å². The molecule has 0 saturated carbocycles. The van der Waals surface area contributed by atoms with Gasteiger partial charge in [0.25, 0.3) is 0 Å². The minimum absolute atomic E-state index is 0.0535. The SMILES string of the molecule is CN(CC1(O)CCNC1)C(=O)N1CCCC1. The highest BCUT2D eigenvalue weighted by atomic mass is 16.3. The summed E-state index contributed by atoms with van der Waals surface area (Å²) in [5.41, 5.74) is -0.732. The molecule has 0 bridgehead atoms. The van der Waals surface area contributed by atoms with Crippen molar-refractivity contribution in [3.8, 4) is 0 Å². The fraction of sp³-hybridized carbons (Fsp3) is 0.909. The van der Waals surface area contributed by atoms with Gasteiger partial charge in [-0.2, -0.15) is 0 Å². The molecular formula is C11H21N3O2. The zero-order valence-corrected chi connectivity index (χ0v) is 9.91. The van der Waals surface area contributed by atoms with Crippen molar-refractivity contribution in [1.82, 2.24) is 15.1 Å². The Morgan fingerprint density at radius 2 is 2.19 bits per heavy atom. The number of carbonyl (C=O) groups excluding carboxylic acids is 1. The van der Waals surface area contributed by atoms with Crippen LogP contribution in [0.2, 0.25) is 0 Å². The molecule has 5 nitrogen and oxygen atoms in total. The molecule has 0 spiro atoms. The van der Waals surface area contributed by atoms with Gasteiger partial charge in [0.2, 0.25) is 0 Å². The Morgan fingerprint density at radius 3 is 2.75 bits per heavy atom. The van der Waals surface area contributed by atoms with E-state index in [9.17, 15) is 9.90 Å². The Balaban J connectivity index is 1.86. The lowest BCUT2D eigenvalue weighted by atomic mass is 10.0. The van der Waals surface area contributed by atoms with Crippen molar-refractivity contribution in [2.45, 2.75) is 24.9 Å². The number of likely N-dealkylation sites (tertiary alicyclic amines) is 1. The average Bonchev–Trinajstić information content (AvgIpc) is 2.87. The fourth-order valence-electron chi connectivity index (χ4n) is 2.52. The van der Waals surface area contributed by atoms with Gasteiger partial charge in [0.05, 0.1) is 12.1 Å². The molecule has 5 heteroatoms. The molecule has 0 radical (unpaired) electrons. The van der Waals surface area contributed by atoms with Crippen molar-refractivity contribution in [3.63, 3.8) is 0 Å². The van der Waals surface area contributed by atoms with E-state index in [-0.39, 0.29) is 6.03 Å². The maximum atomic E-state index is 12.0. The number of likely N-dealkylation sites (N-methyl/N-ethyl adjacent to an activating group) is 1. The number of aliphatic hydroxyl groups is 1. The number of hydrogen-bond acceptors (Lipinski definition) is 3. The van der Waals surface area contributed by atoms with E-state index in [4.69, 9.17) is 0 Å². The van der Waals surface area contributed by atoms with Crippen molar-refractivity contribution >= 4 is 6.03 Å². The maximum Gasteiger partial charge on any atom is 0.319 e. The number of carbonyl (C=O) groups is 1. The van der Waals surface area contributed by atoms with Gasteiger partial charge in [-0.15, -0.1) is 0 Å². The first-order valence-electron chi connectivity index (χ1n) is 6.04. The molecule has 2 heterocycles. The van der Waals surface area contributed by atoms with E-state index in [0.29, 0.717) is 13.1 Å². The first-order chi connectivity index (χ1) is 7.61. The molecular weight excluding hydrogens is 206 g/mol. The summed E-state index contributed by atoms with van der Waals surface area (Å²) in [6.07, 6.45) is 2.93. The van der Waals surface area contributed by atoms with E-state index in [2.05, 4.69) is 5.32 Å². The van der Waals surface area contributed by atoms with Gasteiger partial charge in [-0.05, 0) is 25.8 Å². The topological polar surface area (TPSA) is 55.8 Å². The number of rotatable bonds is 2. The number of nitrogens with one attached hydrogen (secondary N) is 1. The Kier molecular flexibility index (Phi) is 3.35. The average molecular weight is 227 g/mol. The molecule has 0 aromatic heterocycles. The molecule has 2 saturated heterocycles. The smallest absolute Gasteiger partial charge is 0.319 e. The summed E-state index contributed by atoms with van der Waals surface area (Å²) in [5, 5.41) is 13.3. The van der Waals surface area contributed by atoms with Crippen LogP contribution in [0.25, 0.3) is 0 Å². The van der Waals surface area contributed by atoms with Gasteiger partial charge in [-0.3, -0.25) is 0 Å². The number of β-amino-alcohol motifs (C(OH)–C–C–N with tert-alkyl or cyclic N) is 1. The van der Waals surface area contributed by atoms with Crippen LogP contribution in [0.4, 0.5) is 4.79 Å². The monoisotopic (exact) mass is 227 g/mol. The summed E-state index contributed by atoms with van der Waals surface area (Å²) in [6.45, 7) is 3.57. The van der Waals surface area contributed by atoms with Crippen molar-refractivity contribution < 1.29 is 9.90 Å². The van der Waals surface area contributed by atoms with E-state index in [1.807, 2.05) is 4.90 Å². The minimum atomic E-state index is -0.732. The first-order valence-corrected chi connectivity index (χ1v) is 6.04. The maximum absolute atomic E-state index is 12.0. The van der Waals surface area contributed by atoms with Crippen LogP contribution in [-0.2, 0) is 0 Å². The van der Waals surface area contributed by atoms with Crippen LogP contribution in [0.15, 0.2) is 0 Å². The highest BCUT2D eigenvalue weighted by Gasteiger charge is 2.34. The fourth-order valence-corrected chi connectivity index (χ4v) is 2.52. The van der Waals surface area contributed by atoms with E-state index in [0.717, 1.165) is 38.9 Å². The van der Waals surface area contributed by atoms with Crippen molar-refractivity contribution in [1.29, 1.82) is 0 Å². The van der Waals surface area contributed by atoms with Crippen LogP contribution in [0, 0.1) is 0 Å². The quantitative estimate of drug-likeness (QED) is 0.690. The zero-order valence-electron chi connectivity index (χ0n) is 9.91. The second kappa shape index (κ2) is 4.59. The molecule has 92 valence electrons. The summed E-state index contributed by atoms with van der Waals surface area (Å²) in [6, 6.07) is 0.0535. The number of amides is 2. The third-order valence-corrected chi connectivity index (χ3v) is 3.46. The molecule has 0 aliphatic carbocycles. The lowest BCUT2D eigenvalue weighted by molar-refractivity contribution is 0.0329. The largest absolute Gasteiger partial charge is 0.387 e. The highest BCUT2D eigenvalue weighted by Crippen LogP contribution is 2.17. The van der Waals surface area contributed by atoms with Gasteiger partial charge in [-0.1, -0.05) is 0 Å². The van der Waals surface area contributed by atoms with E-state index < -0.39 is 5.60 Å². The Bertz CT molecular complexity index is 258. The third kappa shape index (κ3) is 2.47. The van der Waals surface area contributed by atoms with Gasteiger partial charge < -0.3 is 20.2 Å². The summed E-state index contributed by atoms with van der Waals surface area (Å²) in [7, 11) is 1.77. The predicted molar refractivity (Wildman–Crippen MR) is 61.3 cm³/mol. The highest BCUT2D eigenvalue weighted by molar-refractivity contribution is 5.74. The molecule has 2 amide bonds. The molecule has 16 heavy (non-hydrogen) atoms. The standard InChI is InChI=1S/C11H21N3O2/c1-13(9-11(16)4-5-12-8-11)10(15)14-6-2-3-7-14/h12,16H,2-9H2,1H3. The molecule has 2 aliphatic rings. The predicted octanol–water partition coefficient (Wildman–Crippen LogP) is -0.142. The van der Waals surface area contributed by atoms with E-state index in [1.165, 1.54) is 0 Å². The first kappa shape index (κ1) is 11.7. The number of urea groups is 1. The number of hydrogen-bond donors (Lipinski definition) is 2. The summed E-state index contributed by atoms with van der Waals surface area (Å²) in [4.78, 5) is 15.5. The van der Waals surface area contributed by atoms with Gasteiger partial charge in [0.15, 0.2) is 0 Å². The minimum Gasteiger partial charge on any atom is -0.387 e. The molecule has 2 aliphatic heterocycles. The van der Waals surface area contributed by atoms with Gasteiger partial charge in [-0.25, -0.2) is 4.79 Å². The molecule has 2 N–H and O–H groups in total. The zero-order chi connectivity index (χ0) is 11.6. The van der Waals surface area contributed by atoms with Gasteiger partial charge >= 0.3 is 6.03 Å². The van der Waals surface area contributed by atoms with Crippen molar-refractivity contribution in [2.24, 2.45) is 0 Å². The Hall–Kier alpha value is -0.810. The summed E-state index contributed by atoms with van der Waals surface area (Å²) in [5.74, 6) is 0. The Morgan fingerprint density at radius 1 is 1.50 bits per heavy atom. The summed E-state index contributed by atoms with van der Waals surface area (Å²) < 4.78 is 0. The van der Waals surface area contributed by atoms with E-state index >= 15 is 0 Å². The lowest BCUT2D eigenvalue weighted by Crippen LogP contribution is -2.49. The molecule has 2 rings (SSSR count). The third-order valence-electron chi connectivity index (χ3n) is 3.46. The van der Waals surface area contributed by atoms with Crippen LogP contribution in [-0.4, -0.2) is 66.3 Å². The molecule has 2 fully saturated rings. The summed E-state index contributed by atoms with van der Waals surface area (Å²) >= 11 is 0. The molecule has 1 atom stereocenters. The molecule has 0 aromatic rings. The van der Waals surface area contributed by atoms with Gasteiger partial charge in [0.1, 0.15) is 0 Å². The second-order valence-electron chi connectivity index (χ2n) is 4.98. The molecule has 0 aromatic carbocycles. The van der Waals surface area contributed by atoms with Gasteiger partial charge in [0, 0.05) is 26.7 Å². The molecule has 1 unspecified atom stereocenters. The van der Waals surface area contributed by atoms with Crippen molar-refractivity contribution in [3.05, 3.63) is 0 Å². The Labute approximate surface area is 96.4 Å². The number of nitrogens with zero attached hydrogens (tertiary/aromatic N) is 2. The van der Waals surface area contributed by atoms with Crippen LogP contribution in [0.5, 0.6) is 0 Å².